The number of benzene rings is 1. The largest absolute Gasteiger partial charge is 0.480 e. The lowest BCUT2D eigenvalue weighted by Crippen LogP contribution is -2.41. The van der Waals surface area contributed by atoms with Gasteiger partial charge in [-0.1, -0.05) is 17.7 Å². The Labute approximate surface area is 139 Å². The van der Waals surface area contributed by atoms with Crippen LogP contribution in [-0.4, -0.2) is 54.5 Å². The van der Waals surface area contributed by atoms with E-state index in [9.17, 15) is 9.59 Å². The van der Waals surface area contributed by atoms with E-state index in [0.29, 0.717) is 10.7 Å². The third-order valence-corrected chi connectivity index (χ3v) is 3.27. The van der Waals surface area contributed by atoms with Crippen LogP contribution in [0.4, 0.5) is 5.69 Å². The van der Waals surface area contributed by atoms with Crippen LogP contribution >= 0.6 is 11.6 Å². The van der Waals surface area contributed by atoms with Crippen molar-refractivity contribution in [2.45, 2.75) is 19.4 Å². The maximum absolute atomic E-state index is 12.0. The lowest BCUT2D eigenvalue weighted by Gasteiger charge is -2.15. The van der Waals surface area contributed by atoms with Crippen molar-refractivity contribution in [3.05, 3.63) is 28.8 Å². The Bertz CT molecular complexity index is 539. The lowest BCUT2D eigenvalue weighted by molar-refractivity contribution is -0.141. The van der Waals surface area contributed by atoms with Crippen LogP contribution in [0.25, 0.3) is 0 Å². The number of hydrogen-bond donors (Lipinski definition) is 4. The third kappa shape index (κ3) is 7.43. The predicted octanol–water partition coefficient (Wildman–Crippen LogP) is 1.03. The molecule has 1 atom stereocenters. The number of ether oxygens (including phenoxy) is 1. The first-order valence-electron chi connectivity index (χ1n) is 7.15. The van der Waals surface area contributed by atoms with Gasteiger partial charge in [-0.25, -0.2) is 0 Å². The summed E-state index contributed by atoms with van der Waals surface area (Å²) < 4.78 is 5.02. The minimum Gasteiger partial charge on any atom is -0.480 e. The third-order valence-electron chi connectivity index (χ3n) is 3.03. The molecule has 0 aliphatic heterocycles. The van der Waals surface area contributed by atoms with Crippen molar-refractivity contribution in [3.8, 4) is 0 Å². The number of carboxylic acids is 1. The van der Waals surface area contributed by atoms with Crippen molar-refractivity contribution in [2.24, 2.45) is 0 Å². The zero-order valence-electron chi connectivity index (χ0n) is 12.8. The fourth-order valence-electron chi connectivity index (χ4n) is 1.83. The van der Waals surface area contributed by atoms with E-state index in [-0.39, 0.29) is 32.8 Å². The number of hydrogen-bond acceptors (Lipinski definition) is 5. The van der Waals surface area contributed by atoms with Gasteiger partial charge in [0.25, 0.3) is 0 Å². The molecule has 0 bridgehead atoms. The Hall–Kier alpha value is -1.67. The van der Waals surface area contributed by atoms with Gasteiger partial charge in [0.15, 0.2) is 0 Å². The summed E-state index contributed by atoms with van der Waals surface area (Å²) >= 11 is 5.88. The van der Waals surface area contributed by atoms with E-state index in [1.165, 1.54) is 0 Å². The highest BCUT2D eigenvalue weighted by Crippen LogP contribution is 2.20. The van der Waals surface area contributed by atoms with Crippen LogP contribution in [0.5, 0.6) is 0 Å². The van der Waals surface area contributed by atoms with Crippen molar-refractivity contribution < 1.29 is 24.5 Å². The summed E-state index contributed by atoms with van der Waals surface area (Å²) in [6.07, 6.45) is -0.221. The number of amides is 1. The van der Waals surface area contributed by atoms with Crippen LogP contribution in [0.3, 0.4) is 0 Å². The molecule has 128 valence electrons. The van der Waals surface area contributed by atoms with Gasteiger partial charge in [-0.05, 0) is 24.6 Å². The average molecular weight is 345 g/mol. The number of carbonyl (C=O) groups is 2. The SMILES string of the molecule is Cc1ccc(Cl)cc1NC(=O)CC(NCCOCCO)C(=O)O. The smallest absolute Gasteiger partial charge is 0.321 e. The molecule has 0 saturated heterocycles. The van der Waals surface area contributed by atoms with Gasteiger partial charge in [0.2, 0.25) is 5.91 Å². The summed E-state index contributed by atoms with van der Waals surface area (Å²) in [7, 11) is 0. The fourth-order valence-corrected chi connectivity index (χ4v) is 2.01. The minimum atomic E-state index is -1.12. The average Bonchev–Trinajstić information content (AvgIpc) is 2.49. The van der Waals surface area contributed by atoms with Crippen molar-refractivity contribution in [2.75, 3.05) is 31.7 Å². The maximum Gasteiger partial charge on any atom is 0.321 e. The standard InChI is InChI=1S/C15H21ClN2O5/c1-10-2-3-11(16)8-12(10)18-14(20)9-13(15(21)22)17-4-6-23-7-5-19/h2-3,8,13,17,19H,4-7,9H2,1H3,(H,18,20)(H,21,22). The molecule has 0 aliphatic carbocycles. The maximum atomic E-state index is 12.0. The summed E-state index contributed by atoms with van der Waals surface area (Å²) in [6, 6.07) is 4.07. The van der Waals surface area contributed by atoms with Gasteiger partial charge in [-0.2, -0.15) is 0 Å². The molecule has 0 spiro atoms. The first-order chi connectivity index (χ1) is 10.9. The van der Waals surface area contributed by atoms with Crippen molar-refractivity contribution >= 4 is 29.2 Å². The van der Waals surface area contributed by atoms with E-state index >= 15 is 0 Å². The molecule has 1 amide bonds. The van der Waals surface area contributed by atoms with Gasteiger partial charge in [0, 0.05) is 17.3 Å². The van der Waals surface area contributed by atoms with Crippen molar-refractivity contribution in [3.63, 3.8) is 0 Å². The topological polar surface area (TPSA) is 108 Å². The number of nitrogens with one attached hydrogen (secondary N) is 2. The van der Waals surface area contributed by atoms with E-state index in [0.717, 1.165) is 5.56 Å². The van der Waals surface area contributed by atoms with Gasteiger partial charge >= 0.3 is 5.97 Å². The van der Waals surface area contributed by atoms with E-state index in [1.807, 2.05) is 6.92 Å². The number of aliphatic carboxylic acids is 1. The summed E-state index contributed by atoms with van der Waals surface area (Å²) in [4.78, 5) is 23.2. The van der Waals surface area contributed by atoms with Crippen LogP contribution in [-0.2, 0) is 14.3 Å². The van der Waals surface area contributed by atoms with Crippen LogP contribution in [0.1, 0.15) is 12.0 Å². The second kappa shape index (κ2) is 10.2. The van der Waals surface area contributed by atoms with Crippen LogP contribution in [0.2, 0.25) is 5.02 Å². The molecule has 0 heterocycles. The van der Waals surface area contributed by atoms with Crippen molar-refractivity contribution in [1.29, 1.82) is 0 Å². The molecule has 0 saturated carbocycles. The zero-order chi connectivity index (χ0) is 17.2. The number of rotatable bonds is 10. The Morgan fingerprint density at radius 2 is 2.09 bits per heavy atom. The van der Waals surface area contributed by atoms with E-state index in [1.54, 1.807) is 18.2 Å². The summed E-state index contributed by atoms with van der Waals surface area (Å²) in [5.41, 5.74) is 1.39. The van der Waals surface area contributed by atoms with Gasteiger partial charge in [-0.3, -0.25) is 9.59 Å². The molecular weight excluding hydrogens is 324 g/mol. The molecule has 23 heavy (non-hydrogen) atoms. The minimum absolute atomic E-state index is 0.0935. The molecule has 0 aromatic heterocycles. The Morgan fingerprint density at radius 1 is 1.35 bits per heavy atom. The molecule has 1 unspecified atom stereocenters. The number of aliphatic hydroxyl groups excluding tert-OH is 1. The van der Waals surface area contributed by atoms with Crippen LogP contribution in [0, 0.1) is 6.92 Å². The molecule has 1 aromatic carbocycles. The summed E-state index contributed by atoms with van der Waals surface area (Å²) in [5.74, 6) is -1.54. The molecule has 0 radical (unpaired) electrons. The highest BCUT2D eigenvalue weighted by Gasteiger charge is 2.20. The molecule has 7 nitrogen and oxygen atoms in total. The first-order valence-corrected chi connectivity index (χ1v) is 7.52. The number of aliphatic hydroxyl groups is 1. The Morgan fingerprint density at radius 3 is 2.74 bits per heavy atom. The van der Waals surface area contributed by atoms with Crippen LogP contribution in [0.15, 0.2) is 18.2 Å². The quantitative estimate of drug-likeness (QED) is 0.472. The highest BCUT2D eigenvalue weighted by atomic mass is 35.5. The lowest BCUT2D eigenvalue weighted by atomic mass is 10.1. The van der Waals surface area contributed by atoms with Crippen LogP contribution < -0.4 is 10.6 Å². The number of carbonyl (C=O) groups excluding carboxylic acids is 1. The number of carboxylic acid groups (broad SMARTS) is 1. The molecular formula is C15H21ClN2O5. The monoisotopic (exact) mass is 344 g/mol. The van der Waals surface area contributed by atoms with Gasteiger partial charge in [0.05, 0.1) is 26.2 Å². The van der Waals surface area contributed by atoms with Gasteiger partial charge < -0.3 is 25.6 Å². The molecule has 0 fully saturated rings. The fraction of sp³-hybridized carbons (Fsp3) is 0.467. The second-order valence-corrected chi connectivity index (χ2v) is 5.33. The Kier molecular flexibility index (Phi) is 8.57. The van der Waals surface area contributed by atoms with E-state index < -0.39 is 17.9 Å². The highest BCUT2D eigenvalue weighted by molar-refractivity contribution is 6.31. The van der Waals surface area contributed by atoms with E-state index in [2.05, 4.69) is 10.6 Å². The predicted molar refractivity (Wildman–Crippen MR) is 86.8 cm³/mol. The number of halogens is 1. The molecule has 4 N–H and O–H groups in total. The van der Waals surface area contributed by atoms with Gasteiger partial charge in [0.1, 0.15) is 6.04 Å². The van der Waals surface area contributed by atoms with Gasteiger partial charge in [-0.15, -0.1) is 0 Å². The summed E-state index contributed by atoms with van der Waals surface area (Å²) in [5, 5.41) is 23.6. The second-order valence-electron chi connectivity index (χ2n) is 4.89. The summed E-state index contributed by atoms with van der Waals surface area (Å²) in [6.45, 7) is 2.43. The normalized spacial score (nSPS) is 12.0. The molecule has 1 rings (SSSR count). The Balaban J connectivity index is 2.50. The first kappa shape index (κ1) is 19.4. The number of aryl methyl sites for hydroxylation is 1. The van der Waals surface area contributed by atoms with Crippen molar-refractivity contribution in [1.82, 2.24) is 5.32 Å². The van der Waals surface area contributed by atoms with E-state index in [4.69, 9.17) is 26.6 Å². The zero-order valence-corrected chi connectivity index (χ0v) is 13.6. The number of anilines is 1. The molecule has 0 aliphatic rings. The molecule has 8 heteroatoms. The molecule has 1 aromatic rings.